The molecule has 8 heteroatoms. The summed E-state index contributed by atoms with van der Waals surface area (Å²) in [7, 11) is 0. The molecule has 2 N–H and O–H groups in total. The quantitative estimate of drug-likeness (QED) is 0.239. The monoisotopic (exact) mass is 502 g/mol. The van der Waals surface area contributed by atoms with Crippen LogP contribution in [0.4, 0.5) is 0 Å². The van der Waals surface area contributed by atoms with Crippen molar-refractivity contribution in [3.05, 3.63) is 46.5 Å². The first kappa shape index (κ1) is 21.7. The molecule has 1 aliphatic heterocycles. The SMILES string of the molecule is I.O=C1CCCN1CCCNC(=NCc1cccs1)NCCc1ccco1. The van der Waals surface area contributed by atoms with Crippen LogP contribution in [0.25, 0.3) is 0 Å². The molecule has 3 heterocycles. The maximum Gasteiger partial charge on any atom is 0.222 e. The van der Waals surface area contributed by atoms with Crippen LogP contribution in [0.2, 0.25) is 0 Å². The number of hydrogen-bond acceptors (Lipinski definition) is 4. The molecule has 27 heavy (non-hydrogen) atoms. The van der Waals surface area contributed by atoms with Crippen molar-refractivity contribution in [2.45, 2.75) is 32.2 Å². The second kappa shape index (κ2) is 12.0. The van der Waals surface area contributed by atoms with Gasteiger partial charge in [0.1, 0.15) is 5.76 Å². The van der Waals surface area contributed by atoms with E-state index in [0.29, 0.717) is 13.0 Å². The molecular weight excluding hydrogens is 475 g/mol. The van der Waals surface area contributed by atoms with Crippen LogP contribution in [0.5, 0.6) is 0 Å². The number of aliphatic imine (C=N–C) groups is 1. The Morgan fingerprint density at radius 1 is 1.26 bits per heavy atom. The summed E-state index contributed by atoms with van der Waals surface area (Å²) in [4.78, 5) is 19.5. The maximum absolute atomic E-state index is 11.7. The number of halogens is 1. The second-order valence-electron chi connectivity index (χ2n) is 6.27. The highest BCUT2D eigenvalue weighted by Crippen LogP contribution is 2.10. The Hall–Kier alpha value is -1.55. The number of thiophene rings is 1. The van der Waals surface area contributed by atoms with Crippen LogP contribution in [-0.4, -0.2) is 42.9 Å². The number of carbonyl (C=O) groups is 1. The van der Waals surface area contributed by atoms with Gasteiger partial charge in [-0.1, -0.05) is 6.07 Å². The predicted molar refractivity (Wildman–Crippen MR) is 120 cm³/mol. The van der Waals surface area contributed by atoms with Gasteiger partial charge in [-0.15, -0.1) is 35.3 Å². The van der Waals surface area contributed by atoms with Crippen molar-refractivity contribution in [2.24, 2.45) is 4.99 Å². The molecule has 1 saturated heterocycles. The molecule has 0 unspecified atom stereocenters. The van der Waals surface area contributed by atoms with Crippen molar-refractivity contribution >= 4 is 47.2 Å². The van der Waals surface area contributed by atoms with E-state index in [4.69, 9.17) is 4.42 Å². The lowest BCUT2D eigenvalue weighted by Gasteiger charge is -2.16. The molecule has 2 aromatic rings. The van der Waals surface area contributed by atoms with Crippen molar-refractivity contribution in [1.82, 2.24) is 15.5 Å². The molecule has 1 aliphatic rings. The van der Waals surface area contributed by atoms with Crippen LogP contribution in [-0.2, 0) is 17.8 Å². The average Bonchev–Trinajstić information content (AvgIpc) is 3.39. The summed E-state index contributed by atoms with van der Waals surface area (Å²) >= 11 is 1.71. The molecule has 1 fully saturated rings. The minimum Gasteiger partial charge on any atom is -0.469 e. The van der Waals surface area contributed by atoms with Gasteiger partial charge in [0.05, 0.1) is 12.8 Å². The summed E-state index contributed by atoms with van der Waals surface area (Å²) in [5.74, 6) is 2.05. The number of amides is 1. The van der Waals surface area contributed by atoms with Gasteiger partial charge in [0.2, 0.25) is 5.91 Å². The molecule has 2 aromatic heterocycles. The van der Waals surface area contributed by atoms with E-state index >= 15 is 0 Å². The number of furan rings is 1. The Bertz CT molecular complexity index is 689. The third kappa shape index (κ3) is 7.53. The fraction of sp³-hybridized carbons (Fsp3) is 0.474. The Kier molecular flexibility index (Phi) is 9.68. The summed E-state index contributed by atoms with van der Waals surface area (Å²) in [5.41, 5.74) is 0. The van der Waals surface area contributed by atoms with E-state index in [-0.39, 0.29) is 29.9 Å². The second-order valence-corrected chi connectivity index (χ2v) is 7.30. The first-order chi connectivity index (χ1) is 12.8. The summed E-state index contributed by atoms with van der Waals surface area (Å²) in [5, 5.41) is 8.80. The van der Waals surface area contributed by atoms with Gasteiger partial charge in [-0.2, -0.15) is 0 Å². The summed E-state index contributed by atoms with van der Waals surface area (Å²) in [6.45, 7) is 3.93. The number of guanidine groups is 1. The number of nitrogens with zero attached hydrogens (tertiary/aromatic N) is 2. The molecule has 6 nitrogen and oxygen atoms in total. The summed E-state index contributed by atoms with van der Waals surface area (Å²) in [6.07, 6.45) is 5.13. The molecule has 0 aromatic carbocycles. The van der Waals surface area contributed by atoms with E-state index < -0.39 is 0 Å². The van der Waals surface area contributed by atoms with E-state index in [9.17, 15) is 4.79 Å². The van der Waals surface area contributed by atoms with Gasteiger partial charge in [-0.05, 0) is 36.4 Å². The van der Waals surface area contributed by atoms with E-state index in [0.717, 1.165) is 57.2 Å². The molecule has 0 atom stereocenters. The van der Waals surface area contributed by atoms with Crippen LogP contribution in [0.1, 0.15) is 29.9 Å². The molecule has 0 saturated carbocycles. The van der Waals surface area contributed by atoms with Crippen molar-refractivity contribution in [1.29, 1.82) is 0 Å². The minimum atomic E-state index is 0. The van der Waals surface area contributed by atoms with Crippen LogP contribution in [0, 0.1) is 0 Å². The van der Waals surface area contributed by atoms with E-state index in [1.807, 2.05) is 23.1 Å². The lowest BCUT2D eigenvalue weighted by atomic mass is 10.3. The zero-order valence-electron chi connectivity index (χ0n) is 15.4. The standard InChI is InChI=1S/C19H26N4O2S.HI/c24-18-7-1-11-23(18)12-4-9-20-19(22-15-17-6-3-14-26-17)21-10-8-16-5-2-13-25-16;/h2-3,5-6,13-14H,1,4,7-12,15H2,(H2,20,21,22);1H. The van der Waals surface area contributed by atoms with Gasteiger partial charge in [0.15, 0.2) is 5.96 Å². The summed E-state index contributed by atoms with van der Waals surface area (Å²) in [6, 6.07) is 8.01. The topological polar surface area (TPSA) is 69.9 Å². The number of hydrogen-bond donors (Lipinski definition) is 2. The zero-order chi connectivity index (χ0) is 18.0. The van der Waals surface area contributed by atoms with E-state index in [1.54, 1.807) is 17.6 Å². The Balaban J connectivity index is 0.00000261. The Morgan fingerprint density at radius 3 is 2.85 bits per heavy atom. The van der Waals surface area contributed by atoms with Crippen LogP contribution >= 0.6 is 35.3 Å². The van der Waals surface area contributed by atoms with Crippen LogP contribution < -0.4 is 10.6 Å². The molecular formula is C19H27IN4O2S. The normalized spacial score (nSPS) is 14.3. The number of rotatable bonds is 9. The van der Waals surface area contributed by atoms with Crippen molar-refractivity contribution in [2.75, 3.05) is 26.2 Å². The fourth-order valence-corrected chi connectivity index (χ4v) is 3.54. The molecule has 148 valence electrons. The predicted octanol–water partition coefficient (Wildman–Crippen LogP) is 3.25. The van der Waals surface area contributed by atoms with Gasteiger partial charge >= 0.3 is 0 Å². The van der Waals surface area contributed by atoms with Gasteiger partial charge in [0.25, 0.3) is 0 Å². The van der Waals surface area contributed by atoms with Crippen molar-refractivity contribution in [3.8, 4) is 0 Å². The molecule has 0 spiro atoms. The highest BCUT2D eigenvalue weighted by atomic mass is 127. The third-order valence-corrected chi connectivity index (χ3v) is 5.15. The van der Waals surface area contributed by atoms with Crippen LogP contribution in [0.15, 0.2) is 45.3 Å². The smallest absolute Gasteiger partial charge is 0.222 e. The highest BCUT2D eigenvalue weighted by molar-refractivity contribution is 14.0. The molecule has 0 aliphatic carbocycles. The molecule has 0 bridgehead atoms. The van der Waals surface area contributed by atoms with E-state index in [1.165, 1.54) is 4.88 Å². The van der Waals surface area contributed by atoms with Gasteiger partial charge in [0, 0.05) is 43.9 Å². The largest absolute Gasteiger partial charge is 0.469 e. The Labute approximate surface area is 181 Å². The molecule has 3 rings (SSSR count). The number of likely N-dealkylation sites (tertiary alicyclic amines) is 1. The zero-order valence-corrected chi connectivity index (χ0v) is 18.5. The van der Waals surface area contributed by atoms with Crippen LogP contribution in [0.3, 0.4) is 0 Å². The lowest BCUT2D eigenvalue weighted by molar-refractivity contribution is -0.127. The average molecular weight is 502 g/mol. The third-order valence-electron chi connectivity index (χ3n) is 4.29. The van der Waals surface area contributed by atoms with Gasteiger partial charge in [-0.3, -0.25) is 4.79 Å². The van der Waals surface area contributed by atoms with Gasteiger partial charge < -0.3 is 20.0 Å². The lowest BCUT2D eigenvalue weighted by Crippen LogP contribution is -2.40. The first-order valence-electron chi connectivity index (χ1n) is 9.16. The summed E-state index contributed by atoms with van der Waals surface area (Å²) < 4.78 is 5.36. The minimum absolute atomic E-state index is 0. The van der Waals surface area contributed by atoms with Gasteiger partial charge in [-0.25, -0.2) is 4.99 Å². The highest BCUT2D eigenvalue weighted by Gasteiger charge is 2.18. The Morgan fingerprint density at radius 2 is 2.15 bits per heavy atom. The maximum atomic E-state index is 11.7. The van der Waals surface area contributed by atoms with Crippen molar-refractivity contribution < 1.29 is 9.21 Å². The fourth-order valence-electron chi connectivity index (χ4n) is 2.91. The first-order valence-corrected chi connectivity index (χ1v) is 10.0. The van der Waals surface area contributed by atoms with Crippen molar-refractivity contribution in [3.63, 3.8) is 0 Å². The molecule has 1 amide bonds. The van der Waals surface area contributed by atoms with E-state index in [2.05, 4.69) is 27.1 Å². The number of nitrogens with one attached hydrogen (secondary N) is 2. The number of carbonyl (C=O) groups excluding carboxylic acids is 1. The molecule has 0 radical (unpaired) electrons.